The van der Waals surface area contributed by atoms with Gasteiger partial charge < -0.3 is 9.47 Å². The molecule has 0 radical (unpaired) electrons. The number of rotatable bonds is 8. The first-order chi connectivity index (χ1) is 8.40. The molecule has 2 heteroatoms. The first kappa shape index (κ1) is 12.6. The van der Waals surface area contributed by atoms with Crippen LogP contribution in [0.3, 0.4) is 0 Å². The fourth-order valence-corrected chi connectivity index (χ4v) is 2.11. The van der Waals surface area contributed by atoms with Gasteiger partial charge in [0.1, 0.15) is 0 Å². The molecular formula is C15H22O2. The van der Waals surface area contributed by atoms with Gasteiger partial charge in [-0.25, -0.2) is 0 Å². The van der Waals surface area contributed by atoms with Crippen molar-refractivity contribution in [1.29, 1.82) is 0 Å². The van der Waals surface area contributed by atoms with Gasteiger partial charge in [0, 0.05) is 6.61 Å². The van der Waals surface area contributed by atoms with Crippen LogP contribution in [0.25, 0.3) is 0 Å². The zero-order valence-electron chi connectivity index (χ0n) is 10.6. The Bertz CT molecular complexity index is 310. The number of hydrogen-bond acceptors (Lipinski definition) is 2. The van der Waals surface area contributed by atoms with Gasteiger partial charge in [0.15, 0.2) is 0 Å². The maximum absolute atomic E-state index is 5.63. The van der Waals surface area contributed by atoms with E-state index in [1.807, 2.05) is 18.2 Å². The molecule has 0 amide bonds. The van der Waals surface area contributed by atoms with Gasteiger partial charge in [0.25, 0.3) is 0 Å². The predicted molar refractivity (Wildman–Crippen MR) is 68.9 cm³/mol. The summed E-state index contributed by atoms with van der Waals surface area (Å²) < 4.78 is 11.1. The van der Waals surface area contributed by atoms with Gasteiger partial charge in [-0.2, -0.15) is 0 Å². The Balaban J connectivity index is 1.44. The van der Waals surface area contributed by atoms with Crippen molar-refractivity contribution in [2.45, 2.75) is 51.4 Å². The minimum atomic E-state index is 0.550. The van der Waals surface area contributed by atoms with Crippen LogP contribution in [0, 0.1) is 0 Å². The number of hydrogen-bond donors (Lipinski definition) is 0. The van der Waals surface area contributed by atoms with Crippen LogP contribution < -0.4 is 0 Å². The highest BCUT2D eigenvalue weighted by molar-refractivity contribution is 5.13. The smallest absolute Gasteiger partial charge is 0.0841 e. The van der Waals surface area contributed by atoms with Crippen molar-refractivity contribution in [3.8, 4) is 0 Å². The van der Waals surface area contributed by atoms with Crippen molar-refractivity contribution >= 4 is 0 Å². The third-order valence-corrected chi connectivity index (χ3v) is 3.23. The number of unbranched alkanes of at least 4 members (excludes halogenated alkanes) is 1. The van der Waals surface area contributed by atoms with E-state index in [1.165, 1.54) is 18.4 Å². The van der Waals surface area contributed by atoms with Gasteiger partial charge in [-0.15, -0.1) is 0 Å². The number of ether oxygens (including phenoxy) is 2. The Kier molecular flexibility index (Phi) is 5.02. The topological polar surface area (TPSA) is 21.8 Å². The summed E-state index contributed by atoms with van der Waals surface area (Å²) in [6.45, 7) is 3.78. The fourth-order valence-electron chi connectivity index (χ4n) is 2.11. The quantitative estimate of drug-likeness (QED) is 0.507. The molecule has 1 aromatic carbocycles. The average molecular weight is 234 g/mol. The molecule has 0 N–H and O–H groups in total. The van der Waals surface area contributed by atoms with Crippen LogP contribution in [0.1, 0.15) is 38.2 Å². The minimum Gasteiger partial charge on any atom is -0.377 e. The van der Waals surface area contributed by atoms with Crippen LogP contribution in [0.4, 0.5) is 0 Å². The molecule has 0 saturated carbocycles. The Labute approximate surface area is 104 Å². The normalized spacial score (nSPS) is 22.6. The van der Waals surface area contributed by atoms with E-state index in [1.54, 1.807) is 0 Å². The second kappa shape index (κ2) is 6.77. The molecule has 0 spiro atoms. The third-order valence-electron chi connectivity index (χ3n) is 3.23. The summed E-state index contributed by atoms with van der Waals surface area (Å²) in [5.74, 6) is 0. The number of benzene rings is 1. The Morgan fingerprint density at radius 2 is 1.94 bits per heavy atom. The Morgan fingerprint density at radius 1 is 1.12 bits per heavy atom. The van der Waals surface area contributed by atoms with E-state index in [0.717, 1.165) is 26.1 Å². The van der Waals surface area contributed by atoms with E-state index < -0.39 is 0 Å². The maximum Gasteiger partial charge on any atom is 0.0841 e. The lowest BCUT2D eigenvalue weighted by molar-refractivity contribution is 0.116. The summed E-state index contributed by atoms with van der Waals surface area (Å²) in [6, 6.07) is 10.3. The second-order valence-corrected chi connectivity index (χ2v) is 4.66. The highest BCUT2D eigenvalue weighted by Gasteiger charge is 2.35. The zero-order chi connectivity index (χ0) is 11.9. The van der Waals surface area contributed by atoms with Crippen molar-refractivity contribution in [3.05, 3.63) is 35.9 Å². The van der Waals surface area contributed by atoms with Gasteiger partial charge in [0.2, 0.25) is 0 Å². The van der Waals surface area contributed by atoms with Crippen LogP contribution in [-0.2, 0) is 16.1 Å². The molecule has 1 saturated heterocycles. The van der Waals surface area contributed by atoms with E-state index in [4.69, 9.17) is 9.47 Å². The van der Waals surface area contributed by atoms with E-state index in [-0.39, 0.29) is 0 Å². The van der Waals surface area contributed by atoms with E-state index in [0.29, 0.717) is 12.2 Å². The van der Waals surface area contributed by atoms with Gasteiger partial charge in [0.05, 0.1) is 18.8 Å². The van der Waals surface area contributed by atoms with Crippen molar-refractivity contribution in [3.63, 3.8) is 0 Å². The van der Waals surface area contributed by atoms with E-state index in [2.05, 4.69) is 19.1 Å². The van der Waals surface area contributed by atoms with Gasteiger partial charge in [-0.1, -0.05) is 37.3 Å². The Morgan fingerprint density at radius 3 is 2.65 bits per heavy atom. The first-order valence-electron chi connectivity index (χ1n) is 6.67. The summed E-state index contributed by atoms with van der Waals surface area (Å²) in [6.07, 6.45) is 5.83. The van der Waals surface area contributed by atoms with Crippen molar-refractivity contribution in [2.75, 3.05) is 6.61 Å². The summed E-state index contributed by atoms with van der Waals surface area (Å²) >= 11 is 0. The van der Waals surface area contributed by atoms with Crippen LogP contribution in [0.2, 0.25) is 0 Å². The molecule has 1 fully saturated rings. The lowest BCUT2D eigenvalue weighted by Gasteiger charge is -2.03. The molecule has 0 aliphatic carbocycles. The van der Waals surface area contributed by atoms with Gasteiger partial charge in [-0.3, -0.25) is 0 Å². The molecule has 2 rings (SSSR count). The first-order valence-corrected chi connectivity index (χ1v) is 6.67. The molecule has 0 unspecified atom stereocenters. The maximum atomic E-state index is 5.63. The zero-order valence-corrected chi connectivity index (χ0v) is 10.6. The molecule has 0 bridgehead atoms. The standard InChI is InChI=1S/C15H22O2/c1-2-14-15(17-14)10-6-7-11-16-12-13-8-4-3-5-9-13/h3-5,8-9,14-15H,2,6-7,10-12H2,1H3/t14-,15+/m0/s1. The molecule has 1 aliphatic rings. The van der Waals surface area contributed by atoms with Crippen LogP contribution in [0.5, 0.6) is 0 Å². The van der Waals surface area contributed by atoms with E-state index >= 15 is 0 Å². The fraction of sp³-hybridized carbons (Fsp3) is 0.600. The summed E-state index contributed by atoms with van der Waals surface area (Å²) in [5, 5.41) is 0. The summed E-state index contributed by atoms with van der Waals surface area (Å²) in [4.78, 5) is 0. The molecular weight excluding hydrogens is 212 g/mol. The molecule has 1 aliphatic heterocycles. The monoisotopic (exact) mass is 234 g/mol. The molecule has 2 atom stereocenters. The molecule has 1 aromatic rings. The predicted octanol–water partition coefficient (Wildman–Crippen LogP) is 3.55. The highest BCUT2D eigenvalue weighted by atomic mass is 16.6. The lowest BCUT2D eigenvalue weighted by atomic mass is 10.1. The minimum absolute atomic E-state index is 0.550. The molecule has 17 heavy (non-hydrogen) atoms. The second-order valence-electron chi connectivity index (χ2n) is 4.66. The van der Waals surface area contributed by atoms with E-state index in [9.17, 15) is 0 Å². The van der Waals surface area contributed by atoms with Crippen LogP contribution in [-0.4, -0.2) is 18.8 Å². The summed E-state index contributed by atoms with van der Waals surface area (Å²) in [7, 11) is 0. The molecule has 94 valence electrons. The van der Waals surface area contributed by atoms with Crippen LogP contribution >= 0.6 is 0 Å². The Hall–Kier alpha value is -0.860. The third kappa shape index (κ3) is 4.49. The highest BCUT2D eigenvalue weighted by Crippen LogP contribution is 2.29. The average Bonchev–Trinajstić information content (AvgIpc) is 3.13. The van der Waals surface area contributed by atoms with Gasteiger partial charge >= 0.3 is 0 Å². The molecule has 0 aromatic heterocycles. The lowest BCUT2D eigenvalue weighted by Crippen LogP contribution is -1.97. The van der Waals surface area contributed by atoms with Crippen LogP contribution in [0.15, 0.2) is 30.3 Å². The molecule has 1 heterocycles. The summed E-state index contributed by atoms with van der Waals surface area (Å²) in [5.41, 5.74) is 1.25. The number of epoxide rings is 1. The largest absolute Gasteiger partial charge is 0.377 e. The van der Waals surface area contributed by atoms with Crippen molar-refractivity contribution < 1.29 is 9.47 Å². The SMILES string of the molecule is CC[C@@H]1O[C@@H]1CCCCOCc1ccccc1. The van der Waals surface area contributed by atoms with Crippen molar-refractivity contribution in [2.24, 2.45) is 0 Å². The molecule has 2 nitrogen and oxygen atoms in total. The van der Waals surface area contributed by atoms with Crippen molar-refractivity contribution in [1.82, 2.24) is 0 Å². The van der Waals surface area contributed by atoms with Gasteiger partial charge in [-0.05, 0) is 31.2 Å².